The minimum Gasteiger partial charge on any atom is -0.348 e. The molecule has 0 saturated carbocycles. The molecule has 0 aliphatic rings. The lowest BCUT2D eigenvalue weighted by Gasteiger charge is -2.18. The van der Waals surface area contributed by atoms with Crippen LogP contribution in [0.4, 0.5) is 0 Å². The summed E-state index contributed by atoms with van der Waals surface area (Å²) in [4.78, 5) is 12.3. The van der Waals surface area contributed by atoms with Gasteiger partial charge in [-0.3, -0.25) is 9.48 Å². The molecule has 130 valence electrons. The monoisotopic (exact) mass is 336 g/mol. The molecule has 3 rings (SSSR count). The Labute approximate surface area is 148 Å². The molecule has 0 aliphatic carbocycles. The molecule has 1 aromatic heterocycles. The van der Waals surface area contributed by atoms with E-state index in [0.29, 0.717) is 0 Å². The van der Waals surface area contributed by atoms with E-state index in [2.05, 4.69) is 40.0 Å². The number of hydrogen-bond acceptors (Lipinski definition) is 3. The van der Waals surface area contributed by atoms with Crippen LogP contribution in [0.5, 0.6) is 0 Å². The van der Waals surface area contributed by atoms with E-state index in [1.807, 2.05) is 49.0 Å². The average Bonchev–Trinajstić information content (AvgIpc) is 3.12. The normalized spacial score (nSPS) is 13.5. The van der Waals surface area contributed by atoms with Gasteiger partial charge in [0.2, 0.25) is 5.91 Å². The Bertz CT molecular complexity index is 823. The maximum Gasteiger partial charge on any atom is 0.234 e. The number of rotatable bonds is 7. The number of benzene rings is 2. The number of carbonyl (C=O) groups is 1. The number of hydrogen-bond donors (Lipinski definition) is 2. The first kappa shape index (κ1) is 17.2. The van der Waals surface area contributed by atoms with Crippen molar-refractivity contribution in [2.24, 2.45) is 0 Å². The van der Waals surface area contributed by atoms with Crippen LogP contribution in [0.3, 0.4) is 0 Å². The van der Waals surface area contributed by atoms with E-state index in [-0.39, 0.29) is 24.5 Å². The molecule has 1 heterocycles. The predicted octanol–water partition coefficient (Wildman–Crippen LogP) is 2.89. The van der Waals surface area contributed by atoms with Crippen LogP contribution in [-0.2, 0) is 11.3 Å². The van der Waals surface area contributed by atoms with Crippen molar-refractivity contribution in [3.05, 3.63) is 66.5 Å². The second kappa shape index (κ2) is 7.94. The first-order chi connectivity index (χ1) is 12.1. The second-order valence-electron chi connectivity index (χ2n) is 6.37. The molecule has 2 unspecified atom stereocenters. The van der Waals surface area contributed by atoms with E-state index in [4.69, 9.17) is 0 Å². The van der Waals surface area contributed by atoms with Gasteiger partial charge in [-0.25, -0.2) is 0 Å². The van der Waals surface area contributed by atoms with E-state index >= 15 is 0 Å². The Morgan fingerprint density at radius 1 is 1.12 bits per heavy atom. The molecule has 2 aromatic carbocycles. The van der Waals surface area contributed by atoms with Crippen molar-refractivity contribution in [3.63, 3.8) is 0 Å². The van der Waals surface area contributed by atoms with Gasteiger partial charge >= 0.3 is 0 Å². The quantitative estimate of drug-likeness (QED) is 0.697. The summed E-state index contributed by atoms with van der Waals surface area (Å²) in [7, 11) is 0. The van der Waals surface area contributed by atoms with E-state index in [9.17, 15) is 4.79 Å². The standard InChI is InChI=1S/C20H24N4O/c1-15(14-24-12-6-11-22-24)21-13-20(25)23-16(2)18-10-5-8-17-7-3-4-9-19(17)18/h3-12,15-16,21H,13-14H2,1-2H3,(H,23,25). The summed E-state index contributed by atoms with van der Waals surface area (Å²) in [5, 5.41) is 12.9. The van der Waals surface area contributed by atoms with Crippen LogP contribution in [0.2, 0.25) is 0 Å². The van der Waals surface area contributed by atoms with Crippen LogP contribution in [0.15, 0.2) is 60.9 Å². The van der Waals surface area contributed by atoms with Crippen LogP contribution < -0.4 is 10.6 Å². The van der Waals surface area contributed by atoms with Crippen molar-refractivity contribution in [2.75, 3.05) is 6.54 Å². The van der Waals surface area contributed by atoms with Gasteiger partial charge in [-0.05, 0) is 36.2 Å². The number of amides is 1. The van der Waals surface area contributed by atoms with Crippen molar-refractivity contribution >= 4 is 16.7 Å². The van der Waals surface area contributed by atoms with Gasteiger partial charge in [0.25, 0.3) is 0 Å². The summed E-state index contributed by atoms with van der Waals surface area (Å²) in [5.41, 5.74) is 1.14. The van der Waals surface area contributed by atoms with E-state index in [0.717, 1.165) is 12.1 Å². The molecule has 2 N–H and O–H groups in total. The third-order valence-corrected chi connectivity index (χ3v) is 4.30. The molecule has 3 aromatic rings. The fraction of sp³-hybridized carbons (Fsp3) is 0.300. The van der Waals surface area contributed by atoms with Gasteiger partial charge in [-0.2, -0.15) is 5.10 Å². The summed E-state index contributed by atoms with van der Waals surface area (Å²) in [6.07, 6.45) is 3.67. The molecule has 0 aliphatic heterocycles. The second-order valence-corrected chi connectivity index (χ2v) is 6.37. The maximum absolute atomic E-state index is 12.3. The molecule has 5 nitrogen and oxygen atoms in total. The lowest BCUT2D eigenvalue weighted by molar-refractivity contribution is -0.121. The third-order valence-electron chi connectivity index (χ3n) is 4.30. The maximum atomic E-state index is 12.3. The fourth-order valence-corrected chi connectivity index (χ4v) is 3.02. The lowest BCUT2D eigenvalue weighted by atomic mass is 10.00. The highest BCUT2D eigenvalue weighted by Gasteiger charge is 2.13. The van der Waals surface area contributed by atoms with Crippen LogP contribution >= 0.6 is 0 Å². The molecular formula is C20H24N4O. The Kier molecular flexibility index (Phi) is 5.46. The first-order valence-electron chi connectivity index (χ1n) is 8.61. The zero-order valence-electron chi connectivity index (χ0n) is 14.6. The minimum atomic E-state index is -0.0400. The SMILES string of the molecule is CC(Cn1cccn1)NCC(=O)NC(C)c1cccc2ccccc12. The average molecular weight is 336 g/mol. The Hall–Kier alpha value is -2.66. The molecule has 0 radical (unpaired) electrons. The van der Waals surface area contributed by atoms with Gasteiger partial charge in [0.05, 0.1) is 19.1 Å². The van der Waals surface area contributed by atoms with E-state index in [1.54, 1.807) is 6.20 Å². The highest BCUT2D eigenvalue weighted by Crippen LogP contribution is 2.23. The topological polar surface area (TPSA) is 59.0 Å². The molecule has 5 heteroatoms. The Morgan fingerprint density at radius 3 is 2.72 bits per heavy atom. The summed E-state index contributed by atoms with van der Waals surface area (Å²) < 4.78 is 1.86. The summed E-state index contributed by atoms with van der Waals surface area (Å²) in [6.45, 7) is 5.09. The molecule has 25 heavy (non-hydrogen) atoms. The zero-order valence-corrected chi connectivity index (χ0v) is 14.6. The van der Waals surface area contributed by atoms with Crippen molar-refractivity contribution in [1.29, 1.82) is 0 Å². The van der Waals surface area contributed by atoms with Crippen molar-refractivity contribution in [1.82, 2.24) is 20.4 Å². The van der Waals surface area contributed by atoms with E-state index in [1.165, 1.54) is 10.8 Å². The van der Waals surface area contributed by atoms with Gasteiger partial charge in [0, 0.05) is 18.4 Å². The molecule has 0 spiro atoms. The summed E-state index contributed by atoms with van der Waals surface area (Å²) in [6, 6.07) is 16.5. The van der Waals surface area contributed by atoms with Crippen LogP contribution in [0, 0.1) is 0 Å². The number of fused-ring (bicyclic) bond motifs is 1. The Balaban J connectivity index is 1.55. The van der Waals surface area contributed by atoms with Gasteiger partial charge in [-0.1, -0.05) is 42.5 Å². The van der Waals surface area contributed by atoms with Gasteiger partial charge in [-0.15, -0.1) is 0 Å². The molecule has 0 fully saturated rings. The molecule has 0 saturated heterocycles. The molecule has 2 atom stereocenters. The highest BCUT2D eigenvalue weighted by molar-refractivity contribution is 5.87. The first-order valence-corrected chi connectivity index (χ1v) is 8.61. The highest BCUT2D eigenvalue weighted by atomic mass is 16.1. The number of nitrogens with one attached hydrogen (secondary N) is 2. The summed E-state index contributed by atoms with van der Waals surface area (Å²) in [5.74, 6) is -0.00671. The number of aromatic nitrogens is 2. The Morgan fingerprint density at radius 2 is 1.92 bits per heavy atom. The number of carbonyl (C=O) groups excluding carboxylic acids is 1. The smallest absolute Gasteiger partial charge is 0.234 e. The lowest BCUT2D eigenvalue weighted by Crippen LogP contribution is -2.40. The summed E-state index contributed by atoms with van der Waals surface area (Å²) >= 11 is 0. The zero-order chi connectivity index (χ0) is 17.6. The van der Waals surface area contributed by atoms with Gasteiger partial charge < -0.3 is 10.6 Å². The molecular weight excluding hydrogens is 312 g/mol. The van der Waals surface area contributed by atoms with Crippen molar-refractivity contribution in [3.8, 4) is 0 Å². The third kappa shape index (κ3) is 4.45. The number of nitrogens with zero attached hydrogens (tertiary/aromatic N) is 2. The van der Waals surface area contributed by atoms with Crippen molar-refractivity contribution < 1.29 is 4.79 Å². The van der Waals surface area contributed by atoms with E-state index < -0.39 is 0 Å². The predicted molar refractivity (Wildman–Crippen MR) is 100 cm³/mol. The largest absolute Gasteiger partial charge is 0.348 e. The van der Waals surface area contributed by atoms with Crippen LogP contribution in [0.25, 0.3) is 10.8 Å². The molecule has 0 bridgehead atoms. The molecule has 1 amide bonds. The van der Waals surface area contributed by atoms with Gasteiger partial charge in [0.15, 0.2) is 0 Å². The van der Waals surface area contributed by atoms with Crippen LogP contribution in [-0.4, -0.2) is 28.3 Å². The van der Waals surface area contributed by atoms with Crippen molar-refractivity contribution in [2.45, 2.75) is 32.5 Å². The van der Waals surface area contributed by atoms with Crippen LogP contribution in [0.1, 0.15) is 25.5 Å². The van der Waals surface area contributed by atoms with Gasteiger partial charge in [0.1, 0.15) is 0 Å². The minimum absolute atomic E-state index is 0.00671. The fourth-order valence-electron chi connectivity index (χ4n) is 3.02.